The fourth-order valence-electron chi connectivity index (χ4n) is 9.85. The van der Waals surface area contributed by atoms with Gasteiger partial charge in [-0.1, -0.05) is 163 Å². The van der Waals surface area contributed by atoms with E-state index in [-0.39, 0.29) is 53.2 Å². The molecule has 30 heteroatoms. The molecule has 4 aromatic carbocycles. The van der Waals surface area contributed by atoms with Crippen molar-refractivity contribution in [2.75, 3.05) is 42.7 Å². The van der Waals surface area contributed by atoms with Gasteiger partial charge in [0.15, 0.2) is 0 Å². The molecule has 0 bridgehead atoms. The maximum Gasteiger partial charge on any atom is 0.330 e. The van der Waals surface area contributed by atoms with Gasteiger partial charge in [0.05, 0.1) is 54.2 Å². The van der Waals surface area contributed by atoms with Gasteiger partial charge in [-0.25, -0.2) is 28.8 Å². The fourth-order valence-corrected chi connectivity index (χ4v) is 9.85. The highest BCUT2D eigenvalue weighted by molar-refractivity contribution is 5.94. The first-order chi connectivity index (χ1) is 51.2. The second-order valence-electron chi connectivity index (χ2n) is 28.4. The van der Waals surface area contributed by atoms with Crippen molar-refractivity contribution in [2.24, 2.45) is 29.2 Å². The van der Waals surface area contributed by atoms with Gasteiger partial charge in [-0.05, 0) is 101 Å². The molecule has 0 fully saturated rings. The molecule has 0 saturated heterocycles. The van der Waals surface area contributed by atoms with Crippen molar-refractivity contribution in [1.82, 2.24) is 42.5 Å². The lowest BCUT2D eigenvalue weighted by molar-refractivity contribution is -0.149. The number of benzene rings is 4. The number of carbonyl (C=O) groups is 14. The van der Waals surface area contributed by atoms with Crippen molar-refractivity contribution >= 4 is 83.1 Å². The molecule has 4 aromatic rings. The van der Waals surface area contributed by atoms with Crippen molar-refractivity contribution in [2.45, 2.75) is 215 Å². The molecular weight excluding hydrogens is 1420 g/mol. The first kappa shape index (κ1) is 101. The van der Waals surface area contributed by atoms with Crippen LogP contribution in [0.1, 0.15) is 152 Å². The summed E-state index contributed by atoms with van der Waals surface area (Å²) in [6.45, 7) is 26.8. The number of nitrogens with two attached hydrogens (primary N) is 2. The number of methoxy groups -OCH3 is 6. The molecular formula is C80H122N10O20. The Morgan fingerprint density at radius 1 is 0.327 bits per heavy atom. The smallest absolute Gasteiger partial charge is 0.330 e. The zero-order valence-electron chi connectivity index (χ0n) is 68.1. The quantitative estimate of drug-likeness (QED) is 0.0229. The van der Waals surface area contributed by atoms with Gasteiger partial charge in [-0.15, -0.1) is 0 Å². The van der Waals surface area contributed by atoms with Gasteiger partial charge in [-0.2, -0.15) is 0 Å². The van der Waals surface area contributed by atoms with Crippen LogP contribution >= 0.6 is 0 Å². The van der Waals surface area contributed by atoms with E-state index in [1.807, 2.05) is 163 Å². The standard InChI is InChI=1S/C18H26N2O4.C16H22N2O4.C16H24N2O3.C14H20N2O3.C9H17NO3.C7H13NO3/c1-12(2)10-15(19-13(3)21)17(22)20-16(18(23)24-4)11-14-8-6-5-7-9-14;1-11(19)18-16(2,3)15(21)17-13(14(20)22-4)10-12-8-6-5-7-9-12;1-11(2)9-13(17)15(19)18-14(16(20)21-3)10-12-7-5-4-6-8-12;1-14(2,15)13(18)16-11(12(17)19-3)9-10-7-5-4-6-8-10;1-6(2)5-8(9(12)13-4)10-7(3)11;1-5(9)8-7(2,3)6(10)11-4/h5-9,12,15-16H,10-11H2,1-4H3,(H,19,21)(H,20,22);5-9,13H,10H2,1-4H3,(H,17,21)(H,18,19);4-8,11,13-14H,9-10,17H2,1-3H3,(H,18,19);4-8,11H,9,15H2,1-3H3,(H,16,18);6,8H,5H2,1-4H3,(H,10,11);1-4H3,(H,8,9)/t15?,16-;13-;13?,14-;11-;8-;/m00000./s1. The summed E-state index contributed by atoms with van der Waals surface area (Å²) in [7, 11) is 7.75. The van der Waals surface area contributed by atoms with Crippen LogP contribution in [0.4, 0.5) is 0 Å². The molecule has 612 valence electrons. The molecule has 2 unspecified atom stereocenters. The highest BCUT2D eigenvalue weighted by atomic mass is 16.5. The second kappa shape index (κ2) is 53.2. The summed E-state index contributed by atoms with van der Waals surface area (Å²) in [5, 5.41) is 20.8. The number of rotatable bonds is 32. The van der Waals surface area contributed by atoms with Gasteiger partial charge in [0.2, 0.25) is 47.3 Å². The molecule has 7 atom stereocenters. The zero-order chi connectivity index (χ0) is 84.7. The molecule has 0 heterocycles. The number of hydrogen-bond acceptors (Lipinski definition) is 22. The van der Waals surface area contributed by atoms with E-state index in [0.29, 0.717) is 56.8 Å². The molecule has 0 radical (unpaired) electrons. The Labute approximate surface area is 648 Å². The van der Waals surface area contributed by atoms with Crippen LogP contribution in [0.5, 0.6) is 0 Å². The predicted octanol–water partition coefficient (Wildman–Crippen LogP) is 4.91. The number of nitrogens with one attached hydrogen (secondary N) is 8. The Morgan fingerprint density at radius 2 is 0.591 bits per heavy atom. The average Bonchev–Trinajstić information content (AvgIpc) is 0.858. The molecule has 30 nitrogen and oxygen atoms in total. The van der Waals surface area contributed by atoms with Crippen LogP contribution in [0.2, 0.25) is 0 Å². The zero-order valence-corrected chi connectivity index (χ0v) is 68.1. The van der Waals surface area contributed by atoms with Crippen molar-refractivity contribution in [3.05, 3.63) is 144 Å². The predicted molar refractivity (Wildman–Crippen MR) is 416 cm³/mol. The SMILES string of the molecule is COC(=O)C(C)(C)NC(C)=O.COC(=O)[C@H](CC(C)C)NC(C)=O.COC(=O)[C@H](Cc1ccccc1)NC(=O)C(C)(C)N.COC(=O)[C@H](Cc1ccccc1)NC(=O)C(C)(C)NC(C)=O.COC(=O)[C@H](Cc1ccccc1)NC(=O)C(CC(C)C)NC(C)=O.COC(=O)[C@H](Cc1ccccc1)NC(=O)C(N)CC(C)C. The summed E-state index contributed by atoms with van der Waals surface area (Å²) < 4.78 is 28.0. The summed E-state index contributed by atoms with van der Waals surface area (Å²) in [4.78, 5) is 162. The number of ether oxygens (including phenoxy) is 6. The third kappa shape index (κ3) is 45.3. The average molecular weight is 1540 g/mol. The number of esters is 6. The van der Waals surface area contributed by atoms with E-state index in [9.17, 15) is 67.1 Å². The van der Waals surface area contributed by atoms with E-state index in [0.717, 1.165) is 22.3 Å². The van der Waals surface area contributed by atoms with E-state index in [1.165, 1.54) is 70.4 Å². The van der Waals surface area contributed by atoms with Crippen LogP contribution in [0.15, 0.2) is 121 Å². The van der Waals surface area contributed by atoms with Crippen molar-refractivity contribution in [3.63, 3.8) is 0 Å². The topological polar surface area (TPSA) is 443 Å². The van der Waals surface area contributed by atoms with Gasteiger partial charge in [0.1, 0.15) is 47.3 Å². The van der Waals surface area contributed by atoms with E-state index in [2.05, 4.69) is 52.0 Å². The third-order valence-electron chi connectivity index (χ3n) is 15.2. The highest BCUT2D eigenvalue weighted by Gasteiger charge is 2.35. The minimum atomic E-state index is -1.12. The molecule has 0 spiro atoms. The van der Waals surface area contributed by atoms with E-state index < -0.39 is 94.7 Å². The lowest BCUT2D eigenvalue weighted by Gasteiger charge is -2.27. The van der Waals surface area contributed by atoms with Crippen LogP contribution in [-0.2, 0) is 121 Å². The molecule has 110 heavy (non-hydrogen) atoms. The van der Waals surface area contributed by atoms with E-state index in [1.54, 1.807) is 41.5 Å². The minimum Gasteiger partial charge on any atom is -0.467 e. The largest absolute Gasteiger partial charge is 0.467 e. The van der Waals surface area contributed by atoms with E-state index in [4.69, 9.17) is 30.4 Å². The number of carbonyl (C=O) groups excluding carboxylic acids is 14. The van der Waals surface area contributed by atoms with Crippen LogP contribution in [-0.4, -0.2) is 185 Å². The summed E-state index contributed by atoms with van der Waals surface area (Å²) in [6, 6.07) is 32.7. The van der Waals surface area contributed by atoms with Gasteiger partial charge in [-0.3, -0.25) is 38.4 Å². The van der Waals surface area contributed by atoms with Crippen LogP contribution in [0.25, 0.3) is 0 Å². The monoisotopic (exact) mass is 1540 g/mol. The maximum atomic E-state index is 12.5. The van der Waals surface area contributed by atoms with Gasteiger partial charge in [0.25, 0.3) is 0 Å². The third-order valence-corrected chi connectivity index (χ3v) is 15.2. The Kier molecular flexibility index (Phi) is 49.1. The first-order valence-corrected chi connectivity index (χ1v) is 35.8. The first-order valence-electron chi connectivity index (χ1n) is 35.8. The fraction of sp³-hybridized carbons (Fsp3) is 0.525. The molecule has 12 N–H and O–H groups in total. The van der Waals surface area contributed by atoms with Crippen molar-refractivity contribution < 1.29 is 95.5 Å². The van der Waals surface area contributed by atoms with Gasteiger partial charge < -0.3 is 82.4 Å². The summed E-state index contributed by atoms with van der Waals surface area (Å²) in [5.41, 5.74) is 12.1. The lowest BCUT2D eigenvalue weighted by atomic mass is 10.0. The summed E-state index contributed by atoms with van der Waals surface area (Å²) in [6.07, 6.45) is 3.06. The van der Waals surface area contributed by atoms with Crippen LogP contribution < -0.4 is 54.0 Å². The van der Waals surface area contributed by atoms with E-state index >= 15 is 0 Å². The Bertz CT molecular complexity index is 3500. The lowest BCUT2D eigenvalue weighted by Crippen LogP contribution is -2.58. The Hall–Kier alpha value is -10.6. The Morgan fingerprint density at radius 3 is 0.864 bits per heavy atom. The molecule has 8 amide bonds. The molecule has 0 saturated carbocycles. The molecule has 0 aliphatic heterocycles. The summed E-state index contributed by atoms with van der Waals surface area (Å²) in [5.74, 6) is -4.57. The Balaban J connectivity index is 0. The highest BCUT2D eigenvalue weighted by Crippen LogP contribution is 2.14. The number of amides is 8. The molecule has 0 aliphatic rings. The van der Waals surface area contributed by atoms with Crippen LogP contribution in [0, 0.1) is 17.8 Å². The van der Waals surface area contributed by atoms with Crippen molar-refractivity contribution in [1.29, 1.82) is 0 Å². The number of hydrogen-bond donors (Lipinski definition) is 10. The molecule has 0 aliphatic carbocycles. The van der Waals surface area contributed by atoms with Gasteiger partial charge >= 0.3 is 35.8 Å². The summed E-state index contributed by atoms with van der Waals surface area (Å²) >= 11 is 0. The molecule has 0 aromatic heterocycles. The van der Waals surface area contributed by atoms with Crippen LogP contribution in [0.3, 0.4) is 0 Å². The molecule has 4 rings (SSSR count). The minimum absolute atomic E-state index is 0.212. The maximum absolute atomic E-state index is 12.5. The second-order valence-corrected chi connectivity index (χ2v) is 28.4. The van der Waals surface area contributed by atoms with Gasteiger partial charge in [0, 0.05) is 53.4 Å². The van der Waals surface area contributed by atoms with Crippen molar-refractivity contribution in [3.8, 4) is 0 Å². The normalized spacial score (nSPS) is 12.6.